The highest BCUT2D eigenvalue weighted by Crippen LogP contribution is 2.24. The maximum absolute atomic E-state index is 6.03. The fourth-order valence-electron chi connectivity index (χ4n) is 1.97. The first-order valence-electron chi connectivity index (χ1n) is 6.34. The van der Waals surface area contributed by atoms with Gasteiger partial charge in [-0.1, -0.05) is 20.8 Å². The molecule has 0 aliphatic carbocycles. The molecule has 0 saturated carbocycles. The fraction of sp³-hybridized carbons (Fsp3) is 1.00. The van der Waals surface area contributed by atoms with Gasteiger partial charge in [0.2, 0.25) is 0 Å². The van der Waals surface area contributed by atoms with Gasteiger partial charge in [-0.05, 0) is 25.7 Å². The molecule has 1 N–H and O–H groups in total. The van der Waals surface area contributed by atoms with Crippen molar-refractivity contribution in [3.63, 3.8) is 0 Å². The smallest absolute Gasteiger partial charge is 0.0937 e. The lowest BCUT2D eigenvalue weighted by molar-refractivity contribution is -0.0951. The summed E-state index contributed by atoms with van der Waals surface area (Å²) in [5.41, 5.74) is 0.327. The summed E-state index contributed by atoms with van der Waals surface area (Å²) < 4.78 is 11.6. The molecule has 0 amide bonds. The van der Waals surface area contributed by atoms with Crippen LogP contribution in [0.15, 0.2) is 0 Å². The molecule has 1 fully saturated rings. The average molecular weight is 229 g/mol. The quantitative estimate of drug-likeness (QED) is 0.801. The summed E-state index contributed by atoms with van der Waals surface area (Å²) >= 11 is 0. The van der Waals surface area contributed by atoms with Crippen molar-refractivity contribution >= 4 is 0 Å². The molecular weight excluding hydrogens is 202 g/mol. The molecule has 2 unspecified atom stereocenters. The van der Waals surface area contributed by atoms with E-state index in [0.29, 0.717) is 18.1 Å². The van der Waals surface area contributed by atoms with Crippen LogP contribution in [0, 0.1) is 5.41 Å². The molecule has 1 aliphatic heterocycles. The van der Waals surface area contributed by atoms with E-state index in [1.807, 2.05) is 0 Å². The second-order valence-electron chi connectivity index (χ2n) is 6.19. The lowest BCUT2D eigenvalue weighted by Gasteiger charge is -2.34. The lowest BCUT2D eigenvalue weighted by atomic mass is 9.89. The number of morpholine rings is 1. The van der Waals surface area contributed by atoms with E-state index in [9.17, 15) is 0 Å². The van der Waals surface area contributed by atoms with Crippen LogP contribution in [0.4, 0.5) is 0 Å². The van der Waals surface area contributed by atoms with Gasteiger partial charge in [0.1, 0.15) is 0 Å². The van der Waals surface area contributed by atoms with Crippen molar-refractivity contribution in [2.24, 2.45) is 5.41 Å². The van der Waals surface area contributed by atoms with E-state index >= 15 is 0 Å². The van der Waals surface area contributed by atoms with Gasteiger partial charge in [-0.3, -0.25) is 0 Å². The Morgan fingerprint density at radius 3 is 2.44 bits per heavy atom. The van der Waals surface area contributed by atoms with Crippen molar-refractivity contribution in [3.05, 3.63) is 0 Å². The first kappa shape index (κ1) is 13.9. The van der Waals surface area contributed by atoms with Crippen LogP contribution < -0.4 is 5.32 Å². The van der Waals surface area contributed by atoms with Gasteiger partial charge in [-0.25, -0.2) is 0 Å². The van der Waals surface area contributed by atoms with E-state index in [1.54, 1.807) is 0 Å². The van der Waals surface area contributed by atoms with E-state index in [4.69, 9.17) is 9.47 Å². The Labute approximate surface area is 99.9 Å². The predicted molar refractivity (Wildman–Crippen MR) is 66.7 cm³/mol. The van der Waals surface area contributed by atoms with Crippen LogP contribution >= 0.6 is 0 Å². The molecule has 1 saturated heterocycles. The number of nitrogens with one attached hydrogen (secondary N) is 1. The molecule has 3 heteroatoms. The Bertz CT molecular complexity index is 199. The summed E-state index contributed by atoms with van der Waals surface area (Å²) in [7, 11) is 0. The van der Waals surface area contributed by atoms with Crippen molar-refractivity contribution < 1.29 is 9.47 Å². The SMILES string of the molecule is CC(C)OCC1CNCC(CC(C)(C)C)O1. The van der Waals surface area contributed by atoms with Gasteiger partial charge in [0.05, 0.1) is 24.9 Å². The first-order chi connectivity index (χ1) is 7.37. The Balaban J connectivity index is 2.30. The molecule has 0 bridgehead atoms. The molecule has 1 rings (SSSR count). The Kier molecular flexibility index (Phi) is 5.22. The monoisotopic (exact) mass is 229 g/mol. The van der Waals surface area contributed by atoms with Crippen LogP contribution in [0.3, 0.4) is 0 Å². The molecule has 0 aromatic heterocycles. The number of ether oxygens (including phenoxy) is 2. The third kappa shape index (κ3) is 5.83. The molecule has 2 atom stereocenters. The van der Waals surface area contributed by atoms with Crippen LogP contribution in [0.25, 0.3) is 0 Å². The van der Waals surface area contributed by atoms with Crippen molar-refractivity contribution in [3.8, 4) is 0 Å². The van der Waals surface area contributed by atoms with Gasteiger partial charge in [0.15, 0.2) is 0 Å². The van der Waals surface area contributed by atoms with E-state index in [0.717, 1.165) is 19.5 Å². The summed E-state index contributed by atoms with van der Waals surface area (Å²) in [4.78, 5) is 0. The topological polar surface area (TPSA) is 30.5 Å². The minimum absolute atomic E-state index is 0.212. The normalized spacial score (nSPS) is 27.4. The highest BCUT2D eigenvalue weighted by molar-refractivity contribution is 4.78. The highest BCUT2D eigenvalue weighted by atomic mass is 16.5. The van der Waals surface area contributed by atoms with Gasteiger partial charge in [-0.2, -0.15) is 0 Å². The zero-order chi connectivity index (χ0) is 12.2. The van der Waals surface area contributed by atoms with E-state index in [2.05, 4.69) is 39.9 Å². The Hall–Kier alpha value is -0.120. The Morgan fingerprint density at radius 1 is 1.25 bits per heavy atom. The second-order valence-corrected chi connectivity index (χ2v) is 6.19. The number of hydrogen-bond donors (Lipinski definition) is 1. The fourth-order valence-corrected chi connectivity index (χ4v) is 1.97. The van der Waals surface area contributed by atoms with Crippen molar-refractivity contribution in [2.45, 2.75) is 59.4 Å². The Morgan fingerprint density at radius 2 is 1.88 bits per heavy atom. The maximum Gasteiger partial charge on any atom is 0.0937 e. The molecule has 16 heavy (non-hydrogen) atoms. The van der Waals surface area contributed by atoms with Crippen molar-refractivity contribution in [1.29, 1.82) is 0 Å². The third-order valence-electron chi connectivity index (χ3n) is 2.58. The zero-order valence-electron chi connectivity index (χ0n) is 11.4. The van der Waals surface area contributed by atoms with Gasteiger partial charge >= 0.3 is 0 Å². The molecule has 0 radical (unpaired) electrons. The lowest BCUT2D eigenvalue weighted by Crippen LogP contribution is -2.47. The largest absolute Gasteiger partial charge is 0.376 e. The summed E-state index contributed by atoms with van der Waals surface area (Å²) in [5, 5.41) is 3.43. The predicted octanol–water partition coefficient (Wildman–Crippen LogP) is 2.20. The van der Waals surface area contributed by atoms with Crippen LogP contribution in [0.1, 0.15) is 41.0 Å². The molecule has 0 aromatic rings. The van der Waals surface area contributed by atoms with Gasteiger partial charge in [0.25, 0.3) is 0 Å². The number of rotatable bonds is 4. The second kappa shape index (κ2) is 5.99. The highest BCUT2D eigenvalue weighted by Gasteiger charge is 2.26. The molecule has 3 nitrogen and oxygen atoms in total. The van der Waals surface area contributed by atoms with Crippen molar-refractivity contribution in [2.75, 3.05) is 19.7 Å². The number of hydrogen-bond acceptors (Lipinski definition) is 3. The minimum atomic E-state index is 0.212. The summed E-state index contributed by atoms with van der Waals surface area (Å²) in [6.07, 6.45) is 1.92. The van der Waals surface area contributed by atoms with Gasteiger partial charge in [-0.15, -0.1) is 0 Å². The molecule has 1 heterocycles. The summed E-state index contributed by atoms with van der Waals surface area (Å²) in [5.74, 6) is 0. The van der Waals surface area contributed by atoms with Crippen molar-refractivity contribution in [1.82, 2.24) is 5.32 Å². The van der Waals surface area contributed by atoms with E-state index in [-0.39, 0.29) is 12.2 Å². The van der Waals surface area contributed by atoms with Crippen LogP contribution in [0.5, 0.6) is 0 Å². The minimum Gasteiger partial charge on any atom is -0.376 e. The van der Waals surface area contributed by atoms with Crippen LogP contribution in [-0.2, 0) is 9.47 Å². The standard InChI is InChI=1S/C13H27NO2/c1-10(2)15-9-12-8-14-7-11(16-12)6-13(3,4)5/h10-12,14H,6-9H2,1-5H3. The van der Waals surface area contributed by atoms with E-state index < -0.39 is 0 Å². The van der Waals surface area contributed by atoms with Crippen LogP contribution in [-0.4, -0.2) is 38.0 Å². The molecule has 0 spiro atoms. The van der Waals surface area contributed by atoms with Crippen LogP contribution in [0.2, 0.25) is 0 Å². The van der Waals surface area contributed by atoms with E-state index in [1.165, 1.54) is 0 Å². The molecule has 96 valence electrons. The zero-order valence-corrected chi connectivity index (χ0v) is 11.4. The first-order valence-corrected chi connectivity index (χ1v) is 6.34. The molecule has 0 aromatic carbocycles. The maximum atomic E-state index is 6.03. The molecule has 1 aliphatic rings. The van der Waals surface area contributed by atoms with Gasteiger partial charge in [0, 0.05) is 13.1 Å². The summed E-state index contributed by atoms with van der Waals surface area (Å²) in [6.45, 7) is 13.5. The average Bonchev–Trinajstić information content (AvgIpc) is 2.12. The molecular formula is C13H27NO2. The summed E-state index contributed by atoms with van der Waals surface area (Å²) in [6, 6.07) is 0. The van der Waals surface area contributed by atoms with Gasteiger partial charge < -0.3 is 14.8 Å². The third-order valence-corrected chi connectivity index (χ3v) is 2.58.